The molecule has 2 rings (SSSR count). The fourth-order valence-corrected chi connectivity index (χ4v) is 2.32. The van der Waals surface area contributed by atoms with Crippen LogP contribution >= 0.6 is 15.9 Å². The van der Waals surface area contributed by atoms with Crippen LogP contribution in [0.3, 0.4) is 0 Å². The molecule has 1 aromatic carbocycles. The molecular weight excluding hydrogens is 320 g/mol. The molecule has 1 amide bonds. The molecule has 0 saturated heterocycles. The van der Waals surface area contributed by atoms with Crippen LogP contribution in [0.4, 0.5) is 0 Å². The Morgan fingerprint density at radius 3 is 2.65 bits per heavy atom. The van der Waals surface area contributed by atoms with Crippen LogP contribution in [0.1, 0.15) is 32.6 Å². The van der Waals surface area contributed by atoms with Crippen LogP contribution in [0, 0.1) is 5.92 Å². The van der Waals surface area contributed by atoms with Gasteiger partial charge in [-0.05, 0) is 55.9 Å². The highest BCUT2D eigenvalue weighted by Crippen LogP contribution is 2.21. The summed E-state index contributed by atoms with van der Waals surface area (Å²) in [5, 5.41) is 4.17. The molecule has 0 unspecified atom stereocenters. The first-order valence-electron chi connectivity index (χ1n) is 6.86. The number of nitrogens with one attached hydrogen (secondary N) is 1. The van der Waals surface area contributed by atoms with Gasteiger partial charge in [0.2, 0.25) is 0 Å². The summed E-state index contributed by atoms with van der Waals surface area (Å²) in [5.41, 5.74) is 3.65. The number of halogens is 1. The average Bonchev–Trinajstić information content (AvgIpc) is 2.46. The van der Waals surface area contributed by atoms with Gasteiger partial charge in [-0.2, -0.15) is 5.10 Å². The van der Waals surface area contributed by atoms with Crippen LogP contribution in [0.15, 0.2) is 33.8 Å². The minimum Gasteiger partial charge on any atom is -0.484 e. The molecule has 1 aromatic rings. The van der Waals surface area contributed by atoms with Crippen molar-refractivity contribution in [1.29, 1.82) is 0 Å². The molecule has 0 aromatic heterocycles. The molecule has 1 N–H and O–H groups in total. The van der Waals surface area contributed by atoms with Crippen molar-refractivity contribution in [2.45, 2.75) is 32.6 Å². The van der Waals surface area contributed by atoms with Crippen LogP contribution in [-0.2, 0) is 4.79 Å². The van der Waals surface area contributed by atoms with Gasteiger partial charge in [0.15, 0.2) is 6.61 Å². The normalized spacial score (nSPS) is 18.5. The standard InChI is InChI=1S/C15H19BrN2O2/c1-11-2-6-13(7-3-11)17-18-15(19)10-20-14-8-4-12(16)5-9-14/h4-5,8-9,11H,2-3,6-7,10H2,1H3,(H,18,19). The molecule has 0 heterocycles. The maximum Gasteiger partial charge on any atom is 0.277 e. The van der Waals surface area contributed by atoms with Gasteiger partial charge >= 0.3 is 0 Å². The number of carbonyl (C=O) groups excluding carboxylic acids is 1. The smallest absolute Gasteiger partial charge is 0.277 e. The Kier molecular flexibility index (Phi) is 5.59. The topological polar surface area (TPSA) is 50.7 Å². The molecule has 0 spiro atoms. The van der Waals surface area contributed by atoms with Gasteiger partial charge in [-0.15, -0.1) is 0 Å². The third kappa shape index (κ3) is 4.96. The van der Waals surface area contributed by atoms with Crippen molar-refractivity contribution >= 4 is 27.5 Å². The maximum atomic E-state index is 11.6. The molecule has 108 valence electrons. The van der Waals surface area contributed by atoms with Gasteiger partial charge < -0.3 is 4.74 Å². The van der Waals surface area contributed by atoms with E-state index in [1.54, 1.807) is 0 Å². The number of amides is 1. The number of hydrogen-bond donors (Lipinski definition) is 1. The predicted octanol–water partition coefficient (Wildman–Crippen LogP) is 3.51. The Morgan fingerprint density at radius 2 is 2.00 bits per heavy atom. The summed E-state index contributed by atoms with van der Waals surface area (Å²) < 4.78 is 6.36. The summed E-state index contributed by atoms with van der Waals surface area (Å²) in [6.07, 6.45) is 4.28. The van der Waals surface area contributed by atoms with E-state index in [-0.39, 0.29) is 12.5 Å². The zero-order valence-electron chi connectivity index (χ0n) is 11.6. The van der Waals surface area contributed by atoms with Crippen molar-refractivity contribution in [3.05, 3.63) is 28.7 Å². The Balaban J connectivity index is 1.73. The molecule has 4 nitrogen and oxygen atoms in total. The Morgan fingerprint density at radius 1 is 1.35 bits per heavy atom. The molecule has 20 heavy (non-hydrogen) atoms. The highest BCUT2D eigenvalue weighted by molar-refractivity contribution is 9.10. The number of hydrazone groups is 1. The largest absolute Gasteiger partial charge is 0.484 e. The summed E-state index contributed by atoms with van der Waals surface area (Å²) in [6, 6.07) is 7.37. The average molecular weight is 339 g/mol. The van der Waals surface area contributed by atoms with Crippen LogP contribution < -0.4 is 10.2 Å². The molecule has 0 radical (unpaired) electrons. The second-order valence-electron chi connectivity index (χ2n) is 5.14. The Labute approximate surface area is 127 Å². The van der Waals surface area contributed by atoms with Gasteiger partial charge in [0, 0.05) is 10.2 Å². The zero-order chi connectivity index (χ0) is 14.4. The van der Waals surface area contributed by atoms with Gasteiger partial charge in [-0.3, -0.25) is 4.79 Å². The van der Waals surface area contributed by atoms with Crippen molar-refractivity contribution < 1.29 is 9.53 Å². The number of rotatable bonds is 4. The number of hydrogen-bond acceptors (Lipinski definition) is 3. The Bertz CT molecular complexity index is 475. The van der Waals surface area contributed by atoms with Gasteiger partial charge in [0.05, 0.1) is 0 Å². The summed E-state index contributed by atoms with van der Waals surface area (Å²) >= 11 is 3.35. The quantitative estimate of drug-likeness (QED) is 0.854. The molecular formula is C15H19BrN2O2. The minimum atomic E-state index is -0.223. The van der Waals surface area contributed by atoms with Gasteiger partial charge in [0.1, 0.15) is 5.75 Å². The SMILES string of the molecule is CC1CCC(=NNC(=O)COc2ccc(Br)cc2)CC1. The highest BCUT2D eigenvalue weighted by Gasteiger charge is 2.13. The lowest BCUT2D eigenvalue weighted by atomic mass is 9.90. The summed E-state index contributed by atoms with van der Waals surface area (Å²) in [4.78, 5) is 11.6. The van der Waals surface area contributed by atoms with Crippen molar-refractivity contribution in [3.8, 4) is 5.75 Å². The van der Waals surface area contributed by atoms with E-state index in [4.69, 9.17) is 4.74 Å². The van der Waals surface area contributed by atoms with E-state index in [0.29, 0.717) is 5.75 Å². The summed E-state index contributed by atoms with van der Waals surface area (Å²) in [7, 11) is 0. The molecule has 0 atom stereocenters. The molecule has 0 aliphatic heterocycles. The van der Waals surface area contributed by atoms with Gasteiger partial charge in [0.25, 0.3) is 5.91 Å². The van der Waals surface area contributed by atoms with E-state index < -0.39 is 0 Å². The van der Waals surface area contributed by atoms with E-state index in [0.717, 1.165) is 41.8 Å². The fourth-order valence-electron chi connectivity index (χ4n) is 2.06. The van der Waals surface area contributed by atoms with E-state index in [1.807, 2.05) is 24.3 Å². The third-order valence-electron chi connectivity index (χ3n) is 3.37. The number of ether oxygens (including phenoxy) is 1. The van der Waals surface area contributed by atoms with E-state index in [9.17, 15) is 4.79 Å². The molecule has 1 aliphatic carbocycles. The Hall–Kier alpha value is -1.36. The monoisotopic (exact) mass is 338 g/mol. The van der Waals surface area contributed by atoms with Crippen LogP contribution in [0.25, 0.3) is 0 Å². The van der Waals surface area contributed by atoms with Crippen LogP contribution in [0.5, 0.6) is 5.75 Å². The minimum absolute atomic E-state index is 0.0190. The van der Waals surface area contributed by atoms with Crippen LogP contribution in [0.2, 0.25) is 0 Å². The first-order valence-corrected chi connectivity index (χ1v) is 7.65. The van der Waals surface area contributed by atoms with Crippen molar-refractivity contribution in [2.24, 2.45) is 11.0 Å². The van der Waals surface area contributed by atoms with E-state index in [1.165, 1.54) is 0 Å². The summed E-state index contributed by atoms with van der Waals surface area (Å²) in [6.45, 7) is 2.23. The lowest BCUT2D eigenvalue weighted by molar-refractivity contribution is -0.123. The number of carbonyl (C=O) groups is 1. The molecule has 5 heteroatoms. The highest BCUT2D eigenvalue weighted by atomic mass is 79.9. The second-order valence-corrected chi connectivity index (χ2v) is 6.05. The number of nitrogens with zero attached hydrogens (tertiary/aromatic N) is 1. The van der Waals surface area contributed by atoms with E-state index in [2.05, 4.69) is 33.4 Å². The van der Waals surface area contributed by atoms with Crippen molar-refractivity contribution in [1.82, 2.24) is 5.43 Å². The third-order valence-corrected chi connectivity index (χ3v) is 3.90. The predicted molar refractivity (Wildman–Crippen MR) is 82.8 cm³/mol. The molecule has 0 bridgehead atoms. The number of benzene rings is 1. The lowest BCUT2D eigenvalue weighted by Crippen LogP contribution is -2.26. The van der Waals surface area contributed by atoms with Crippen LogP contribution in [-0.4, -0.2) is 18.2 Å². The zero-order valence-corrected chi connectivity index (χ0v) is 13.1. The van der Waals surface area contributed by atoms with Crippen molar-refractivity contribution in [3.63, 3.8) is 0 Å². The van der Waals surface area contributed by atoms with Crippen molar-refractivity contribution in [2.75, 3.05) is 6.61 Å². The molecule has 1 aliphatic rings. The summed E-state index contributed by atoms with van der Waals surface area (Å²) in [5.74, 6) is 1.21. The lowest BCUT2D eigenvalue weighted by Gasteiger charge is -2.18. The maximum absolute atomic E-state index is 11.6. The fraction of sp³-hybridized carbons (Fsp3) is 0.467. The molecule has 1 saturated carbocycles. The van der Waals surface area contributed by atoms with Gasteiger partial charge in [-0.25, -0.2) is 5.43 Å². The first-order chi connectivity index (χ1) is 9.63. The second kappa shape index (κ2) is 7.43. The van der Waals surface area contributed by atoms with Gasteiger partial charge in [-0.1, -0.05) is 22.9 Å². The molecule has 1 fully saturated rings. The van der Waals surface area contributed by atoms with E-state index >= 15 is 0 Å². The first kappa shape index (κ1) is 15.0.